The molecule has 1 fully saturated rings. The van der Waals surface area contributed by atoms with E-state index in [1.807, 2.05) is 6.92 Å². The third kappa shape index (κ3) is 4.04. The van der Waals surface area contributed by atoms with Crippen LogP contribution in [0.4, 0.5) is 5.69 Å². The smallest absolute Gasteiger partial charge is 0.337 e. The lowest BCUT2D eigenvalue weighted by Crippen LogP contribution is -2.44. The Kier molecular flexibility index (Phi) is 4.63. The first-order valence-corrected chi connectivity index (χ1v) is 7.32. The van der Waals surface area contributed by atoms with Gasteiger partial charge in [-0.25, -0.2) is 4.79 Å². The summed E-state index contributed by atoms with van der Waals surface area (Å²) in [4.78, 5) is 23.4. The zero-order valence-electron chi connectivity index (χ0n) is 12.3. The number of nitrogens with two attached hydrogens (primary N) is 1. The Balaban J connectivity index is 2.07. The average Bonchev–Trinajstić information content (AvgIpc) is 2.40. The topological polar surface area (TPSA) is 92.4 Å². The molecule has 1 aliphatic carbocycles. The molecule has 2 rings (SSSR count). The maximum absolute atomic E-state index is 12.2. The largest absolute Gasteiger partial charge is 0.478 e. The summed E-state index contributed by atoms with van der Waals surface area (Å²) in [6, 6.07) is 4.96. The van der Waals surface area contributed by atoms with E-state index in [9.17, 15) is 14.7 Å². The van der Waals surface area contributed by atoms with Crippen LogP contribution < -0.4 is 11.1 Å². The Hall–Kier alpha value is -1.88. The summed E-state index contributed by atoms with van der Waals surface area (Å²) in [5.41, 5.74) is 7.09. The Morgan fingerprint density at radius 1 is 1.29 bits per heavy atom. The van der Waals surface area contributed by atoms with Crippen LogP contribution in [0.25, 0.3) is 0 Å². The lowest BCUT2D eigenvalue weighted by molar-refractivity contribution is -0.117. The van der Waals surface area contributed by atoms with Crippen LogP contribution in [-0.2, 0) is 4.79 Å². The van der Waals surface area contributed by atoms with Crippen molar-refractivity contribution in [2.24, 2.45) is 5.73 Å². The summed E-state index contributed by atoms with van der Waals surface area (Å²) in [5.74, 6) is -1.26. The summed E-state index contributed by atoms with van der Waals surface area (Å²) in [7, 11) is 0. The standard InChI is InChI=1S/C16H22N2O3/c1-11-5-6-13(12(9-11)15(20)21)18-14(19)10-16(17)7-3-2-4-8-16/h5-6,9H,2-4,7-8,10,17H2,1H3,(H,18,19)(H,20,21). The molecule has 0 spiro atoms. The fourth-order valence-electron chi connectivity index (χ4n) is 2.89. The van der Waals surface area contributed by atoms with Crippen molar-refractivity contribution < 1.29 is 14.7 Å². The normalized spacial score (nSPS) is 17.2. The molecule has 4 N–H and O–H groups in total. The number of carbonyl (C=O) groups is 2. The zero-order valence-corrected chi connectivity index (χ0v) is 12.3. The molecule has 0 heterocycles. The third-order valence-corrected chi connectivity index (χ3v) is 4.04. The number of carbonyl (C=O) groups excluding carboxylic acids is 1. The zero-order chi connectivity index (χ0) is 15.5. The van der Waals surface area contributed by atoms with Gasteiger partial charge in [0.25, 0.3) is 0 Å². The quantitative estimate of drug-likeness (QED) is 0.795. The van der Waals surface area contributed by atoms with Crippen molar-refractivity contribution >= 4 is 17.6 Å². The number of aromatic carboxylic acids is 1. The maximum atomic E-state index is 12.2. The van der Waals surface area contributed by atoms with Crippen LogP contribution >= 0.6 is 0 Å². The second-order valence-electron chi connectivity index (χ2n) is 6.00. The first kappa shape index (κ1) is 15.5. The second kappa shape index (κ2) is 6.26. The molecule has 0 unspecified atom stereocenters. The minimum absolute atomic E-state index is 0.109. The molecule has 114 valence electrons. The van der Waals surface area contributed by atoms with E-state index in [1.54, 1.807) is 18.2 Å². The number of anilines is 1. The summed E-state index contributed by atoms with van der Waals surface area (Å²) in [6.45, 7) is 1.81. The van der Waals surface area contributed by atoms with Gasteiger partial charge < -0.3 is 16.2 Å². The van der Waals surface area contributed by atoms with E-state index >= 15 is 0 Å². The van der Waals surface area contributed by atoms with Gasteiger partial charge in [-0.2, -0.15) is 0 Å². The van der Waals surface area contributed by atoms with Gasteiger partial charge in [0, 0.05) is 12.0 Å². The molecule has 0 aliphatic heterocycles. The van der Waals surface area contributed by atoms with Crippen molar-refractivity contribution in [2.45, 2.75) is 51.0 Å². The summed E-state index contributed by atoms with van der Waals surface area (Å²) in [6.07, 6.45) is 5.20. The summed E-state index contributed by atoms with van der Waals surface area (Å²) >= 11 is 0. The second-order valence-corrected chi connectivity index (χ2v) is 6.00. The molecule has 0 bridgehead atoms. The molecule has 0 radical (unpaired) electrons. The number of amides is 1. The lowest BCUT2D eigenvalue weighted by Gasteiger charge is -2.32. The van der Waals surface area contributed by atoms with E-state index in [1.165, 1.54) is 6.42 Å². The Labute approximate surface area is 124 Å². The van der Waals surface area contributed by atoms with Crippen LogP contribution in [0, 0.1) is 6.92 Å². The maximum Gasteiger partial charge on any atom is 0.337 e. The lowest BCUT2D eigenvalue weighted by atomic mass is 9.80. The Morgan fingerprint density at radius 3 is 2.57 bits per heavy atom. The van der Waals surface area contributed by atoms with Crippen LogP contribution in [-0.4, -0.2) is 22.5 Å². The molecule has 1 aliphatic rings. The first-order chi connectivity index (χ1) is 9.89. The number of benzene rings is 1. The van der Waals surface area contributed by atoms with Crippen LogP contribution in [0.1, 0.15) is 54.4 Å². The van der Waals surface area contributed by atoms with E-state index in [2.05, 4.69) is 5.32 Å². The molecule has 21 heavy (non-hydrogen) atoms. The SMILES string of the molecule is Cc1ccc(NC(=O)CC2(N)CCCCC2)c(C(=O)O)c1. The highest BCUT2D eigenvalue weighted by molar-refractivity contribution is 6.00. The minimum atomic E-state index is -1.05. The van der Waals surface area contributed by atoms with Crippen molar-refractivity contribution in [2.75, 3.05) is 5.32 Å². The molecule has 5 heteroatoms. The monoisotopic (exact) mass is 290 g/mol. The van der Waals surface area contributed by atoms with Crippen molar-refractivity contribution in [3.8, 4) is 0 Å². The summed E-state index contributed by atoms with van der Waals surface area (Å²) in [5, 5.41) is 11.9. The van der Waals surface area contributed by atoms with Crippen molar-refractivity contribution in [3.63, 3.8) is 0 Å². The number of aryl methyl sites for hydroxylation is 1. The van der Waals surface area contributed by atoms with Crippen LogP contribution in [0.5, 0.6) is 0 Å². The Bertz CT molecular complexity index is 548. The number of carboxylic acids is 1. The van der Waals surface area contributed by atoms with Gasteiger partial charge in [-0.05, 0) is 31.9 Å². The van der Waals surface area contributed by atoms with Crippen LogP contribution in [0.3, 0.4) is 0 Å². The molecule has 1 aromatic rings. The van der Waals surface area contributed by atoms with Gasteiger partial charge in [-0.15, -0.1) is 0 Å². The van der Waals surface area contributed by atoms with Gasteiger partial charge in [0.2, 0.25) is 5.91 Å². The highest BCUT2D eigenvalue weighted by Gasteiger charge is 2.30. The predicted molar refractivity (Wildman–Crippen MR) is 81.4 cm³/mol. The van der Waals surface area contributed by atoms with E-state index in [0.717, 1.165) is 31.2 Å². The van der Waals surface area contributed by atoms with Crippen LogP contribution in [0.2, 0.25) is 0 Å². The number of hydrogen-bond donors (Lipinski definition) is 3. The third-order valence-electron chi connectivity index (χ3n) is 4.04. The molecule has 0 saturated heterocycles. The van der Waals surface area contributed by atoms with Crippen molar-refractivity contribution in [1.29, 1.82) is 0 Å². The molecule has 1 aromatic carbocycles. The number of rotatable bonds is 4. The Morgan fingerprint density at radius 2 is 1.95 bits per heavy atom. The molecule has 1 amide bonds. The van der Waals surface area contributed by atoms with Gasteiger partial charge in [0.05, 0.1) is 11.3 Å². The number of hydrogen-bond acceptors (Lipinski definition) is 3. The van der Waals surface area contributed by atoms with E-state index in [0.29, 0.717) is 5.69 Å². The highest BCUT2D eigenvalue weighted by atomic mass is 16.4. The molecular weight excluding hydrogens is 268 g/mol. The van der Waals surface area contributed by atoms with Crippen molar-refractivity contribution in [3.05, 3.63) is 29.3 Å². The number of nitrogens with one attached hydrogen (secondary N) is 1. The van der Waals surface area contributed by atoms with Crippen LogP contribution in [0.15, 0.2) is 18.2 Å². The van der Waals surface area contributed by atoms with E-state index in [-0.39, 0.29) is 17.9 Å². The van der Waals surface area contributed by atoms with E-state index < -0.39 is 11.5 Å². The molecule has 0 aromatic heterocycles. The summed E-state index contributed by atoms with van der Waals surface area (Å²) < 4.78 is 0. The van der Waals surface area contributed by atoms with Gasteiger partial charge >= 0.3 is 5.97 Å². The van der Waals surface area contributed by atoms with Crippen molar-refractivity contribution in [1.82, 2.24) is 0 Å². The molecule has 0 atom stereocenters. The minimum Gasteiger partial charge on any atom is -0.478 e. The fourth-order valence-corrected chi connectivity index (χ4v) is 2.89. The van der Waals surface area contributed by atoms with Gasteiger partial charge in [-0.1, -0.05) is 30.9 Å². The first-order valence-electron chi connectivity index (χ1n) is 7.32. The average molecular weight is 290 g/mol. The fraction of sp³-hybridized carbons (Fsp3) is 0.500. The van der Waals surface area contributed by atoms with Gasteiger partial charge in [0.1, 0.15) is 0 Å². The van der Waals surface area contributed by atoms with E-state index in [4.69, 9.17) is 5.73 Å². The number of carboxylic acid groups (broad SMARTS) is 1. The molecule has 5 nitrogen and oxygen atoms in total. The van der Waals surface area contributed by atoms with Gasteiger partial charge in [-0.3, -0.25) is 4.79 Å². The highest BCUT2D eigenvalue weighted by Crippen LogP contribution is 2.29. The van der Waals surface area contributed by atoms with Gasteiger partial charge in [0.15, 0.2) is 0 Å². The molecule has 1 saturated carbocycles. The molecular formula is C16H22N2O3. The predicted octanol–water partition coefficient (Wildman–Crippen LogP) is 2.68.